The molecule has 132 valence electrons. The number of urea groups is 1. The van der Waals surface area contributed by atoms with Crippen LogP contribution in [0.25, 0.3) is 0 Å². The van der Waals surface area contributed by atoms with Crippen LogP contribution in [0, 0.1) is 0 Å². The fourth-order valence-corrected chi connectivity index (χ4v) is 3.06. The molecule has 0 radical (unpaired) electrons. The number of unbranched alkanes of at least 4 members (excludes halogenated alkanes) is 1. The van der Waals surface area contributed by atoms with Crippen LogP contribution >= 0.6 is 0 Å². The Bertz CT molecular complexity index is 896. The topological polar surface area (TPSA) is 96.0 Å². The lowest BCUT2D eigenvalue weighted by atomic mass is 9.97. The zero-order chi connectivity index (χ0) is 18.0. The maximum absolute atomic E-state index is 12.5. The van der Waals surface area contributed by atoms with Crippen molar-refractivity contribution in [3.63, 3.8) is 0 Å². The highest BCUT2D eigenvalue weighted by Crippen LogP contribution is 2.28. The van der Waals surface area contributed by atoms with Crippen LogP contribution in [-0.4, -0.2) is 15.6 Å². The molecule has 1 aromatic heterocycles. The number of nitrogens with zero attached hydrogens (tertiary/aromatic N) is 1. The molecular formula is C18H22N4O3. The predicted molar refractivity (Wildman–Crippen MR) is 96.0 cm³/mol. The number of hydrogen-bond acceptors (Lipinski definition) is 3. The van der Waals surface area contributed by atoms with Crippen LogP contribution < -0.4 is 21.9 Å². The second-order valence-corrected chi connectivity index (χ2v) is 6.15. The number of nitrogens with one attached hydrogen (secondary N) is 3. The van der Waals surface area contributed by atoms with Crippen molar-refractivity contribution in [2.24, 2.45) is 0 Å². The van der Waals surface area contributed by atoms with Gasteiger partial charge in [-0.25, -0.2) is 9.59 Å². The Hall–Kier alpha value is -2.83. The molecule has 25 heavy (non-hydrogen) atoms. The second-order valence-electron chi connectivity index (χ2n) is 6.15. The summed E-state index contributed by atoms with van der Waals surface area (Å²) in [7, 11) is 0. The molecule has 0 aliphatic carbocycles. The number of rotatable bonds is 5. The molecule has 2 amide bonds. The largest absolute Gasteiger partial charge is 0.329 e. The fraction of sp³-hybridized carbons (Fsp3) is 0.389. The van der Waals surface area contributed by atoms with Crippen LogP contribution in [-0.2, 0) is 13.0 Å². The van der Waals surface area contributed by atoms with Crippen LogP contribution in [0.3, 0.4) is 0 Å². The number of aromatic amines is 1. The van der Waals surface area contributed by atoms with Crippen molar-refractivity contribution in [3.05, 3.63) is 61.8 Å². The van der Waals surface area contributed by atoms with E-state index in [2.05, 4.69) is 22.5 Å². The van der Waals surface area contributed by atoms with E-state index in [4.69, 9.17) is 0 Å². The second kappa shape index (κ2) is 6.96. The lowest BCUT2D eigenvalue weighted by molar-refractivity contribution is 0.248. The van der Waals surface area contributed by atoms with Crippen molar-refractivity contribution in [1.82, 2.24) is 14.9 Å². The van der Waals surface area contributed by atoms with E-state index < -0.39 is 23.3 Å². The molecule has 1 aromatic carbocycles. The molecule has 7 nitrogen and oxygen atoms in total. The Morgan fingerprint density at radius 3 is 2.44 bits per heavy atom. The van der Waals surface area contributed by atoms with E-state index in [0.29, 0.717) is 12.1 Å². The quantitative estimate of drug-likeness (QED) is 0.776. The van der Waals surface area contributed by atoms with Gasteiger partial charge in [-0.2, -0.15) is 0 Å². The smallest absolute Gasteiger partial charge is 0.327 e. The number of carbonyl (C=O) groups is 1. The van der Waals surface area contributed by atoms with E-state index in [0.717, 1.165) is 24.8 Å². The molecule has 0 saturated carbocycles. The summed E-state index contributed by atoms with van der Waals surface area (Å²) < 4.78 is 1.44. The van der Waals surface area contributed by atoms with Gasteiger partial charge in [0, 0.05) is 6.54 Å². The number of aryl methyl sites for hydroxylation is 1. The Morgan fingerprint density at radius 2 is 1.80 bits per heavy atom. The van der Waals surface area contributed by atoms with E-state index in [1.165, 1.54) is 10.1 Å². The molecule has 7 heteroatoms. The number of amides is 2. The monoisotopic (exact) mass is 342 g/mol. The predicted octanol–water partition coefficient (Wildman–Crippen LogP) is 2.12. The summed E-state index contributed by atoms with van der Waals surface area (Å²) in [6.07, 6.45) is 2.58. The number of aromatic nitrogens is 2. The first-order valence-corrected chi connectivity index (χ1v) is 8.58. The highest BCUT2D eigenvalue weighted by Gasteiger charge is 2.31. The third-order valence-corrected chi connectivity index (χ3v) is 4.49. The lowest BCUT2D eigenvalue weighted by Crippen LogP contribution is -2.46. The minimum atomic E-state index is -0.591. The van der Waals surface area contributed by atoms with Crippen molar-refractivity contribution in [1.29, 1.82) is 0 Å². The summed E-state index contributed by atoms with van der Waals surface area (Å²) in [5.74, 6) is 0.288. The molecule has 1 unspecified atom stereocenters. The normalized spacial score (nSPS) is 16.1. The van der Waals surface area contributed by atoms with Gasteiger partial charge in [-0.05, 0) is 24.0 Å². The van der Waals surface area contributed by atoms with E-state index in [9.17, 15) is 14.4 Å². The standard InChI is InChI=1S/C18H22N4O3/c1-3-5-10-22-15-13(16(23)21-18(22)25)14(19-17(24)20-15)12-8-6-11(4-2)7-9-12/h6-9,14H,3-5,10H2,1-2H3,(H2,19,20,24)(H,21,23,25). The summed E-state index contributed by atoms with van der Waals surface area (Å²) in [5, 5.41) is 5.42. The van der Waals surface area contributed by atoms with Crippen molar-refractivity contribution in [3.8, 4) is 0 Å². The lowest BCUT2D eigenvalue weighted by Gasteiger charge is -2.28. The van der Waals surface area contributed by atoms with E-state index in [-0.39, 0.29) is 5.82 Å². The zero-order valence-corrected chi connectivity index (χ0v) is 14.4. The zero-order valence-electron chi connectivity index (χ0n) is 14.4. The third-order valence-electron chi connectivity index (χ3n) is 4.49. The fourth-order valence-electron chi connectivity index (χ4n) is 3.06. The summed E-state index contributed by atoms with van der Waals surface area (Å²) in [5.41, 5.74) is 1.36. The van der Waals surface area contributed by atoms with Crippen LogP contribution in [0.1, 0.15) is 49.4 Å². The van der Waals surface area contributed by atoms with Crippen LogP contribution in [0.15, 0.2) is 33.9 Å². The van der Waals surface area contributed by atoms with Gasteiger partial charge in [-0.3, -0.25) is 19.7 Å². The van der Waals surface area contributed by atoms with E-state index >= 15 is 0 Å². The van der Waals surface area contributed by atoms with Gasteiger partial charge in [0.05, 0.1) is 11.6 Å². The molecular weight excluding hydrogens is 320 g/mol. The molecule has 3 rings (SSSR count). The first-order valence-electron chi connectivity index (χ1n) is 8.58. The average molecular weight is 342 g/mol. The summed E-state index contributed by atoms with van der Waals surface area (Å²) in [6, 6.07) is 6.74. The molecule has 1 atom stereocenters. The highest BCUT2D eigenvalue weighted by atomic mass is 16.2. The Balaban J connectivity index is 2.14. The molecule has 1 aliphatic rings. The number of benzene rings is 1. The van der Waals surface area contributed by atoms with Gasteiger partial charge in [0.2, 0.25) is 0 Å². The maximum atomic E-state index is 12.5. The first kappa shape index (κ1) is 17.0. The molecule has 2 heterocycles. The Kier molecular flexibility index (Phi) is 4.74. The van der Waals surface area contributed by atoms with Gasteiger partial charge in [-0.15, -0.1) is 0 Å². The maximum Gasteiger partial charge on any atom is 0.329 e. The summed E-state index contributed by atoms with van der Waals surface area (Å²) in [4.78, 5) is 39.2. The Morgan fingerprint density at radius 1 is 1.08 bits per heavy atom. The minimum Gasteiger partial charge on any atom is -0.327 e. The molecule has 0 bridgehead atoms. The van der Waals surface area contributed by atoms with Gasteiger partial charge >= 0.3 is 11.7 Å². The van der Waals surface area contributed by atoms with Crippen LogP contribution in [0.4, 0.5) is 10.6 Å². The Labute approximate surface area is 145 Å². The van der Waals surface area contributed by atoms with Crippen LogP contribution in [0.5, 0.6) is 0 Å². The van der Waals surface area contributed by atoms with Crippen molar-refractivity contribution >= 4 is 11.8 Å². The number of fused-ring (bicyclic) bond motifs is 1. The molecule has 0 fully saturated rings. The molecule has 1 aliphatic heterocycles. The summed E-state index contributed by atoms with van der Waals surface area (Å²) in [6.45, 7) is 4.52. The molecule has 2 aromatic rings. The van der Waals surface area contributed by atoms with Gasteiger partial charge in [0.1, 0.15) is 5.82 Å². The number of H-pyrrole nitrogens is 1. The highest BCUT2D eigenvalue weighted by molar-refractivity contribution is 5.92. The van der Waals surface area contributed by atoms with Gasteiger partial charge in [-0.1, -0.05) is 44.5 Å². The van der Waals surface area contributed by atoms with E-state index in [1.54, 1.807) is 0 Å². The molecule has 0 saturated heterocycles. The van der Waals surface area contributed by atoms with E-state index in [1.807, 2.05) is 31.2 Å². The van der Waals surface area contributed by atoms with Gasteiger partial charge in [0.25, 0.3) is 5.56 Å². The molecule has 3 N–H and O–H groups in total. The number of hydrogen-bond donors (Lipinski definition) is 3. The van der Waals surface area contributed by atoms with Crippen molar-refractivity contribution in [2.45, 2.75) is 45.7 Å². The first-order chi connectivity index (χ1) is 12.0. The third kappa shape index (κ3) is 3.22. The van der Waals surface area contributed by atoms with Gasteiger partial charge < -0.3 is 5.32 Å². The summed E-state index contributed by atoms with van der Waals surface area (Å²) >= 11 is 0. The van der Waals surface area contributed by atoms with Gasteiger partial charge in [0.15, 0.2) is 0 Å². The van der Waals surface area contributed by atoms with Crippen molar-refractivity contribution in [2.75, 3.05) is 5.32 Å². The average Bonchev–Trinajstić information content (AvgIpc) is 2.60. The van der Waals surface area contributed by atoms with Crippen LogP contribution in [0.2, 0.25) is 0 Å². The molecule has 0 spiro atoms. The van der Waals surface area contributed by atoms with Crippen molar-refractivity contribution < 1.29 is 4.79 Å². The number of carbonyl (C=O) groups excluding carboxylic acids is 1. The minimum absolute atomic E-state index is 0.288. The SMILES string of the molecule is CCCCn1c2c(c(=O)[nH]c1=O)C(c1ccc(CC)cc1)NC(=O)N2. The number of anilines is 1.